The maximum atomic E-state index is 13.0. The van der Waals surface area contributed by atoms with E-state index in [1.54, 1.807) is 0 Å². The Bertz CT molecular complexity index is 1220. The summed E-state index contributed by atoms with van der Waals surface area (Å²) in [6.45, 7) is 1.25. The highest BCUT2D eigenvalue weighted by Crippen LogP contribution is 2.45. The number of nitro groups is 2. The Morgan fingerprint density at radius 1 is 0.844 bits per heavy atom. The van der Waals surface area contributed by atoms with Crippen LogP contribution in [0, 0.1) is 27.2 Å². The molecule has 14 heteroatoms. The van der Waals surface area contributed by atoms with E-state index in [0.717, 1.165) is 24.3 Å². The Kier molecular flexibility index (Phi) is 5.41. The van der Waals surface area contributed by atoms with E-state index in [2.05, 4.69) is 4.98 Å². The molecule has 0 saturated heterocycles. The summed E-state index contributed by atoms with van der Waals surface area (Å²) < 4.78 is 82.9. The zero-order valence-electron chi connectivity index (χ0n) is 15.6. The third-order valence-corrected chi connectivity index (χ3v) is 4.27. The lowest BCUT2D eigenvalue weighted by Gasteiger charge is -2.13. The van der Waals surface area contributed by atoms with Gasteiger partial charge in [-0.1, -0.05) is 6.07 Å². The lowest BCUT2D eigenvalue weighted by molar-refractivity contribution is -0.396. The Balaban J connectivity index is 2.18. The number of nitrogens with zero attached hydrogens (tertiary/aromatic N) is 3. The predicted molar refractivity (Wildman–Crippen MR) is 96.3 cm³/mol. The van der Waals surface area contributed by atoms with Crippen LogP contribution in [-0.2, 0) is 12.4 Å². The van der Waals surface area contributed by atoms with E-state index in [1.807, 2.05) is 0 Å². The first-order valence-electron chi connectivity index (χ1n) is 8.39. The van der Waals surface area contributed by atoms with Crippen LogP contribution in [0.15, 0.2) is 36.4 Å². The number of alkyl halides is 6. The van der Waals surface area contributed by atoms with Gasteiger partial charge in [0.15, 0.2) is 0 Å². The fourth-order valence-corrected chi connectivity index (χ4v) is 2.77. The molecular formula is C18H9F6N3O5. The molecule has 1 heterocycles. The van der Waals surface area contributed by atoms with Crippen molar-refractivity contribution in [2.75, 3.05) is 0 Å². The fraction of sp³-hybridized carbons (Fsp3) is 0.167. The summed E-state index contributed by atoms with van der Waals surface area (Å²) in [5.74, 6) is -1.41. The van der Waals surface area contributed by atoms with Crippen LogP contribution in [-0.4, -0.2) is 14.8 Å². The molecule has 0 atom stereocenters. The summed E-state index contributed by atoms with van der Waals surface area (Å²) >= 11 is 0. The molecule has 0 bridgehead atoms. The van der Waals surface area contributed by atoms with Crippen LogP contribution >= 0.6 is 0 Å². The molecule has 168 valence electrons. The molecule has 32 heavy (non-hydrogen) atoms. The molecule has 1 aromatic heterocycles. The average molecular weight is 461 g/mol. The van der Waals surface area contributed by atoms with Crippen molar-refractivity contribution >= 4 is 22.3 Å². The highest BCUT2D eigenvalue weighted by atomic mass is 19.4. The van der Waals surface area contributed by atoms with E-state index in [1.165, 1.54) is 6.92 Å². The maximum Gasteiger partial charge on any atom is 0.416 e. The van der Waals surface area contributed by atoms with Gasteiger partial charge in [-0.2, -0.15) is 26.3 Å². The van der Waals surface area contributed by atoms with Crippen LogP contribution in [0.2, 0.25) is 0 Å². The molecule has 3 rings (SSSR count). The molecule has 0 aliphatic rings. The Labute approximate surface area is 173 Å². The second-order valence-electron chi connectivity index (χ2n) is 6.43. The molecular weight excluding hydrogens is 452 g/mol. The highest BCUT2D eigenvalue weighted by Gasteiger charge is 2.39. The number of aryl methyl sites for hydroxylation is 1. The zero-order chi connectivity index (χ0) is 24.0. The maximum absolute atomic E-state index is 13.0. The molecule has 0 unspecified atom stereocenters. The second kappa shape index (κ2) is 7.62. The van der Waals surface area contributed by atoms with Crippen LogP contribution in [0.1, 0.15) is 16.8 Å². The Morgan fingerprint density at radius 2 is 1.38 bits per heavy atom. The molecule has 0 amide bonds. The Hall–Kier alpha value is -3.97. The summed E-state index contributed by atoms with van der Waals surface area (Å²) in [7, 11) is 0. The number of nitro benzene ring substituents is 2. The topological polar surface area (TPSA) is 108 Å². The number of hydrogen-bond donors (Lipinski definition) is 0. The summed E-state index contributed by atoms with van der Waals surface area (Å²) in [6, 6.07) is 3.81. The van der Waals surface area contributed by atoms with Crippen molar-refractivity contribution in [2.45, 2.75) is 19.3 Å². The van der Waals surface area contributed by atoms with Gasteiger partial charge in [-0.15, -0.1) is 0 Å². The van der Waals surface area contributed by atoms with Gasteiger partial charge in [0.05, 0.1) is 32.2 Å². The molecule has 0 aliphatic carbocycles. The number of ether oxygens (including phenoxy) is 1. The SMILES string of the molecule is Cc1nc2cc(C(F)(F)F)ccc2cc1Oc1c([N+](=O)[O-])cc(C(F)(F)F)cc1[N+](=O)[O-]. The van der Waals surface area contributed by atoms with Crippen LogP contribution in [0.4, 0.5) is 37.7 Å². The van der Waals surface area contributed by atoms with Crippen molar-refractivity contribution in [3.8, 4) is 11.5 Å². The molecule has 2 aromatic carbocycles. The van der Waals surface area contributed by atoms with Gasteiger partial charge >= 0.3 is 23.7 Å². The van der Waals surface area contributed by atoms with Gasteiger partial charge in [0, 0.05) is 17.5 Å². The lowest BCUT2D eigenvalue weighted by Crippen LogP contribution is -2.08. The summed E-state index contributed by atoms with van der Waals surface area (Å²) in [4.78, 5) is 24.0. The van der Waals surface area contributed by atoms with E-state index in [-0.39, 0.29) is 34.5 Å². The van der Waals surface area contributed by atoms with E-state index >= 15 is 0 Å². The Morgan fingerprint density at radius 3 is 1.84 bits per heavy atom. The van der Waals surface area contributed by atoms with Crippen molar-refractivity contribution in [1.29, 1.82) is 0 Å². The van der Waals surface area contributed by atoms with Gasteiger partial charge in [0.2, 0.25) is 0 Å². The number of fused-ring (bicyclic) bond motifs is 1. The number of rotatable bonds is 4. The van der Waals surface area contributed by atoms with E-state index in [4.69, 9.17) is 4.74 Å². The first kappa shape index (κ1) is 22.7. The normalized spacial score (nSPS) is 12.1. The first-order valence-corrected chi connectivity index (χ1v) is 8.39. The highest BCUT2D eigenvalue weighted by molar-refractivity contribution is 5.81. The number of aromatic nitrogens is 1. The largest absolute Gasteiger partial charge is 0.442 e. The first-order chi connectivity index (χ1) is 14.7. The molecule has 0 fully saturated rings. The minimum Gasteiger partial charge on any atom is -0.442 e. The van der Waals surface area contributed by atoms with Crippen molar-refractivity contribution in [2.24, 2.45) is 0 Å². The number of hydrogen-bond acceptors (Lipinski definition) is 6. The predicted octanol–water partition coefficient (Wildman–Crippen LogP) is 6.19. The van der Waals surface area contributed by atoms with Gasteiger partial charge in [0.25, 0.3) is 5.75 Å². The third kappa shape index (κ3) is 4.38. The fourth-order valence-electron chi connectivity index (χ4n) is 2.77. The monoisotopic (exact) mass is 461 g/mol. The van der Waals surface area contributed by atoms with Crippen LogP contribution < -0.4 is 4.74 Å². The van der Waals surface area contributed by atoms with Gasteiger partial charge in [-0.25, -0.2) is 4.98 Å². The van der Waals surface area contributed by atoms with Gasteiger partial charge in [-0.05, 0) is 25.1 Å². The van der Waals surface area contributed by atoms with Crippen LogP contribution in [0.25, 0.3) is 10.9 Å². The van der Waals surface area contributed by atoms with E-state index in [0.29, 0.717) is 0 Å². The summed E-state index contributed by atoms with van der Waals surface area (Å²) in [6.07, 6.45) is -9.74. The summed E-state index contributed by atoms with van der Waals surface area (Å²) in [5, 5.41) is 22.7. The molecule has 0 aliphatic heterocycles. The van der Waals surface area contributed by atoms with Gasteiger partial charge in [0.1, 0.15) is 5.75 Å². The van der Waals surface area contributed by atoms with Gasteiger partial charge in [-0.3, -0.25) is 20.2 Å². The van der Waals surface area contributed by atoms with Gasteiger partial charge < -0.3 is 4.74 Å². The average Bonchev–Trinajstić information content (AvgIpc) is 2.66. The molecule has 8 nitrogen and oxygen atoms in total. The van der Waals surface area contributed by atoms with Crippen molar-refractivity contribution in [3.05, 3.63) is 73.4 Å². The standard InChI is InChI=1S/C18H9F6N3O5/c1-8-15(4-9-2-3-10(17(19,20)21)5-12(9)25-8)32-16-13(26(28)29)6-11(18(22,23)24)7-14(16)27(30)31/h2-7H,1H3. The minimum atomic E-state index is -5.11. The smallest absolute Gasteiger partial charge is 0.416 e. The van der Waals surface area contributed by atoms with Crippen LogP contribution in [0.3, 0.4) is 0 Å². The number of benzene rings is 2. The lowest BCUT2D eigenvalue weighted by atomic mass is 10.1. The van der Waals surface area contributed by atoms with E-state index < -0.39 is 50.5 Å². The zero-order valence-corrected chi connectivity index (χ0v) is 15.6. The summed E-state index contributed by atoms with van der Waals surface area (Å²) in [5.41, 5.74) is -5.48. The second-order valence-corrected chi connectivity index (χ2v) is 6.43. The third-order valence-electron chi connectivity index (χ3n) is 4.27. The quantitative estimate of drug-likeness (QED) is 0.260. The van der Waals surface area contributed by atoms with Crippen molar-refractivity contribution < 1.29 is 40.9 Å². The molecule has 0 saturated carbocycles. The van der Waals surface area contributed by atoms with Crippen molar-refractivity contribution in [1.82, 2.24) is 4.98 Å². The van der Waals surface area contributed by atoms with Crippen LogP contribution in [0.5, 0.6) is 11.5 Å². The van der Waals surface area contributed by atoms with Crippen molar-refractivity contribution in [3.63, 3.8) is 0 Å². The van der Waals surface area contributed by atoms with E-state index in [9.17, 15) is 46.6 Å². The number of pyridine rings is 1. The number of halogens is 6. The molecule has 0 spiro atoms. The minimum absolute atomic E-state index is 0.0851. The molecule has 3 aromatic rings. The molecule has 0 N–H and O–H groups in total. The molecule has 0 radical (unpaired) electrons.